The first-order chi connectivity index (χ1) is 9.45. The minimum absolute atomic E-state index is 0.00149. The molecule has 0 heterocycles. The van der Waals surface area contributed by atoms with Gasteiger partial charge in [0.2, 0.25) is 5.91 Å². The fraction of sp³-hybridized carbons (Fsp3) is 0.500. The lowest BCUT2D eigenvalue weighted by Gasteiger charge is -2.20. The Kier molecular flexibility index (Phi) is 6.41. The number of aromatic hydroxyl groups is 1. The highest BCUT2D eigenvalue weighted by molar-refractivity contribution is 5.81. The van der Waals surface area contributed by atoms with Crippen molar-refractivity contribution in [1.82, 2.24) is 10.6 Å². The van der Waals surface area contributed by atoms with Crippen LogP contribution in [0.2, 0.25) is 0 Å². The number of hydrogen-bond acceptors (Lipinski definition) is 4. The average Bonchev–Trinajstić information content (AvgIpc) is 2.41. The zero-order chi connectivity index (χ0) is 15.1. The number of carbonyl (C=O) groups excluding carboxylic acids is 1. The van der Waals surface area contributed by atoms with Gasteiger partial charge < -0.3 is 15.2 Å². The van der Waals surface area contributed by atoms with Crippen LogP contribution in [0.1, 0.15) is 25.5 Å². The number of benzene rings is 1. The van der Waals surface area contributed by atoms with Crippen LogP contribution in [0.4, 0.5) is 4.39 Å². The van der Waals surface area contributed by atoms with Crippen LogP contribution in [-0.2, 0) is 9.53 Å². The lowest BCUT2D eigenvalue weighted by molar-refractivity contribution is -0.123. The molecule has 0 aliphatic carbocycles. The molecule has 112 valence electrons. The van der Waals surface area contributed by atoms with E-state index in [0.29, 0.717) is 18.7 Å². The number of nitrogens with one attached hydrogen (secondary N) is 2. The van der Waals surface area contributed by atoms with E-state index < -0.39 is 11.9 Å². The van der Waals surface area contributed by atoms with E-state index in [1.165, 1.54) is 18.2 Å². The molecule has 1 rings (SSSR count). The molecule has 0 saturated carbocycles. The third kappa shape index (κ3) is 4.79. The second-order valence-corrected chi connectivity index (χ2v) is 4.60. The Morgan fingerprint density at radius 1 is 1.45 bits per heavy atom. The van der Waals surface area contributed by atoms with Gasteiger partial charge in [-0.2, -0.15) is 0 Å². The Morgan fingerprint density at radius 3 is 2.80 bits per heavy atom. The molecule has 0 aliphatic heterocycles. The molecule has 1 amide bonds. The fourth-order valence-corrected chi connectivity index (χ4v) is 1.84. The Balaban J connectivity index is 2.58. The van der Waals surface area contributed by atoms with Gasteiger partial charge in [-0.1, -0.05) is 0 Å². The Morgan fingerprint density at radius 2 is 2.15 bits per heavy atom. The van der Waals surface area contributed by atoms with E-state index in [-0.39, 0.29) is 17.7 Å². The fourth-order valence-electron chi connectivity index (χ4n) is 1.84. The number of phenols is 1. The standard InChI is InChI=1S/C14H21FN2O3/c1-9(12-8-11(15)4-5-13(12)18)17-10(2)14(19)16-6-7-20-3/h4-5,8-10,17-18H,6-7H2,1-3H3,(H,16,19). The highest BCUT2D eigenvalue weighted by Gasteiger charge is 2.18. The van der Waals surface area contributed by atoms with Gasteiger partial charge in [0, 0.05) is 25.3 Å². The highest BCUT2D eigenvalue weighted by Crippen LogP contribution is 2.24. The molecule has 2 atom stereocenters. The molecule has 1 aromatic carbocycles. The SMILES string of the molecule is COCCNC(=O)C(C)NC(C)c1cc(F)ccc1O. The predicted octanol–water partition coefficient (Wildman–Crippen LogP) is 1.33. The summed E-state index contributed by atoms with van der Waals surface area (Å²) in [4.78, 5) is 11.8. The van der Waals surface area contributed by atoms with Crippen LogP contribution in [0, 0.1) is 5.82 Å². The van der Waals surface area contributed by atoms with Crippen molar-refractivity contribution in [3.8, 4) is 5.75 Å². The predicted molar refractivity (Wildman–Crippen MR) is 74.0 cm³/mol. The lowest BCUT2D eigenvalue weighted by atomic mass is 10.1. The van der Waals surface area contributed by atoms with E-state index in [2.05, 4.69) is 10.6 Å². The Labute approximate surface area is 118 Å². The number of methoxy groups -OCH3 is 1. The first-order valence-corrected chi connectivity index (χ1v) is 6.46. The molecule has 20 heavy (non-hydrogen) atoms. The maximum Gasteiger partial charge on any atom is 0.236 e. The number of hydrogen-bond donors (Lipinski definition) is 3. The van der Waals surface area contributed by atoms with Crippen molar-refractivity contribution in [1.29, 1.82) is 0 Å². The molecule has 5 nitrogen and oxygen atoms in total. The molecule has 0 bridgehead atoms. The number of halogens is 1. The molecule has 3 N–H and O–H groups in total. The van der Waals surface area contributed by atoms with Gasteiger partial charge in [-0.15, -0.1) is 0 Å². The summed E-state index contributed by atoms with van der Waals surface area (Å²) in [5, 5.41) is 15.4. The summed E-state index contributed by atoms with van der Waals surface area (Å²) < 4.78 is 18.0. The van der Waals surface area contributed by atoms with E-state index >= 15 is 0 Å². The highest BCUT2D eigenvalue weighted by atomic mass is 19.1. The molecule has 0 radical (unpaired) electrons. The number of rotatable bonds is 7. The van der Waals surface area contributed by atoms with Gasteiger partial charge in [-0.25, -0.2) is 4.39 Å². The molecular weight excluding hydrogens is 263 g/mol. The largest absolute Gasteiger partial charge is 0.508 e. The quantitative estimate of drug-likeness (QED) is 0.661. The van der Waals surface area contributed by atoms with Crippen LogP contribution in [0.3, 0.4) is 0 Å². The van der Waals surface area contributed by atoms with Gasteiger partial charge in [0.1, 0.15) is 11.6 Å². The van der Waals surface area contributed by atoms with Gasteiger partial charge in [0.05, 0.1) is 12.6 Å². The normalized spacial score (nSPS) is 13.8. The molecule has 6 heteroatoms. The molecule has 0 fully saturated rings. The summed E-state index contributed by atoms with van der Waals surface area (Å²) in [5.74, 6) is -0.605. The van der Waals surface area contributed by atoms with E-state index in [0.717, 1.165) is 0 Å². The Hall–Kier alpha value is -1.66. The Bertz CT molecular complexity index is 454. The summed E-state index contributed by atoms with van der Waals surface area (Å²) in [6, 6.07) is 2.92. The van der Waals surface area contributed by atoms with E-state index in [4.69, 9.17) is 4.74 Å². The number of phenolic OH excluding ortho intramolecular Hbond substituents is 1. The van der Waals surface area contributed by atoms with Gasteiger partial charge in [-0.3, -0.25) is 10.1 Å². The minimum Gasteiger partial charge on any atom is -0.508 e. The number of ether oxygens (including phenoxy) is 1. The number of amides is 1. The van der Waals surface area contributed by atoms with Gasteiger partial charge >= 0.3 is 0 Å². The van der Waals surface area contributed by atoms with Crippen LogP contribution in [0.5, 0.6) is 5.75 Å². The van der Waals surface area contributed by atoms with Gasteiger partial charge in [0.15, 0.2) is 0 Å². The van der Waals surface area contributed by atoms with Crippen molar-refractivity contribution < 1.29 is 19.0 Å². The van der Waals surface area contributed by atoms with Crippen LogP contribution < -0.4 is 10.6 Å². The van der Waals surface area contributed by atoms with E-state index in [1.54, 1.807) is 21.0 Å². The molecule has 0 spiro atoms. The maximum atomic E-state index is 13.2. The second-order valence-electron chi connectivity index (χ2n) is 4.60. The zero-order valence-corrected chi connectivity index (χ0v) is 11.9. The van der Waals surface area contributed by atoms with Crippen molar-refractivity contribution in [2.75, 3.05) is 20.3 Å². The third-order valence-corrected chi connectivity index (χ3v) is 2.95. The van der Waals surface area contributed by atoms with Crippen molar-refractivity contribution in [2.45, 2.75) is 25.9 Å². The van der Waals surface area contributed by atoms with Crippen LogP contribution >= 0.6 is 0 Å². The van der Waals surface area contributed by atoms with Crippen LogP contribution in [-0.4, -0.2) is 37.3 Å². The van der Waals surface area contributed by atoms with Crippen molar-refractivity contribution in [2.24, 2.45) is 0 Å². The summed E-state index contributed by atoms with van der Waals surface area (Å²) in [5.41, 5.74) is 0.418. The summed E-state index contributed by atoms with van der Waals surface area (Å²) >= 11 is 0. The molecule has 1 aromatic rings. The number of carbonyl (C=O) groups is 1. The topological polar surface area (TPSA) is 70.6 Å². The molecule has 2 unspecified atom stereocenters. The molecular formula is C14H21FN2O3. The van der Waals surface area contributed by atoms with Crippen molar-refractivity contribution >= 4 is 5.91 Å². The summed E-state index contributed by atoms with van der Waals surface area (Å²) in [6.45, 7) is 4.34. The van der Waals surface area contributed by atoms with Crippen molar-refractivity contribution in [3.05, 3.63) is 29.6 Å². The second kappa shape index (κ2) is 7.81. The van der Waals surface area contributed by atoms with E-state index in [9.17, 15) is 14.3 Å². The zero-order valence-electron chi connectivity index (χ0n) is 11.9. The van der Waals surface area contributed by atoms with Gasteiger partial charge in [0.25, 0.3) is 0 Å². The van der Waals surface area contributed by atoms with Crippen LogP contribution in [0.25, 0.3) is 0 Å². The molecule has 0 saturated heterocycles. The average molecular weight is 284 g/mol. The van der Waals surface area contributed by atoms with Crippen molar-refractivity contribution in [3.63, 3.8) is 0 Å². The smallest absolute Gasteiger partial charge is 0.236 e. The monoisotopic (exact) mass is 284 g/mol. The maximum absolute atomic E-state index is 13.2. The first-order valence-electron chi connectivity index (χ1n) is 6.46. The minimum atomic E-state index is -0.468. The van der Waals surface area contributed by atoms with E-state index in [1.807, 2.05) is 0 Å². The lowest BCUT2D eigenvalue weighted by Crippen LogP contribution is -2.44. The third-order valence-electron chi connectivity index (χ3n) is 2.95. The summed E-state index contributed by atoms with van der Waals surface area (Å²) in [7, 11) is 1.56. The first kappa shape index (κ1) is 16.4. The summed E-state index contributed by atoms with van der Waals surface area (Å²) in [6.07, 6.45) is 0. The molecule has 0 aliphatic rings. The molecule has 0 aromatic heterocycles. The van der Waals surface area contributed by atoms with Gasteiger partial charge in [-0.05, 0) is 32.0 Å². The van der Waals surface area contributed by atoms with Crippen LogP contribution in [0.15, 0.2) is 18.2 Å².